The quantitative estimate of drug-likeness (QED) is 0.629. The van der Waals surface area contributed by atoms with E-state index in [4.69, 9.17) is 11.6 Å². The molecule has 0 aliphatic heterocycles. The lowest BCUT2D eigenvalue weighted by molar-refractivity contribution is -0.138. The molecule has 0 amide bonds. The highest BCUT2D eigenvalue weighted by molar-refractivity contribution is 6.17. The average Bonchev–Trinajstić information content (AvgIpc) is 2.07. The SMILES string of the molecule is Cc1cc(CCl)c(C(F)(F)F)cc1C. The van der Waals surface area contributed by atoms with Gasteiger partial charge >= 0.3 is 6.18 Å². The van der Waals surface area contributed by atoms with Gasteiger partial charge in [-0.15, -0.1) is 11.6 Å². The third kappa shape index (κ3) is 2.21. The van der Waals surface area contributed by atoms with Crippen LogP contribution in [0.4, 0.5) is 13.2 Å². The lowest BCUT2D eigenvalue weighted by Crippen LogP contribution is -2.09. The summed E-state index contributed by atoms with van der Waals surface area (Å²) in [6.07, 6.45) is -4.32. The van der Waals surface area contributed by atoms with Gasteiger partial charge in [0.1, 0.15) is 0 Å². The van der Waals surface area contributed by atoms with Crippen LogP contribution in [0.15, 0.2) is 12.1 Å². The summed E-state index contributed by atoms with van der Waals surface area (Å²) in [7, 11) is 0. The summed E-state index contributed by atoms with van der Waals surface area (Å²) >= 11 is 5.46. The van der Waals surface area contributed by atoms with Crippen LogP contribution < -0.4 is 0 Å². The Hall–Kier alpha value is -0.700. The van der Waals surface area contributed by atoms with Gasteiger partial charge in [0.15, 0.2) is 0 Å². The fourth-order valence-corrected chi connectivity index (χ4v) is 1.47. The first kappa shape index (κ1) is 11.4. The van der Waals surface area contributed by atoms with Crippen LogP contribution in [0.25, 0.3) is 0 Å². The zero-order chi connectivity index (χ0) is 10.9. The molecule has 14 heavy (non-hydrogen) atoms. The molecule has 0 aliphatic carbocycles. The minimum absolute atomic E-state index is 0.115. The van der Waals surface area contributed by atoms with Crippen LogP contribution in [0.2, 0.25) is 0 Å². The molecule has 1 rings (SSSR count). The Morgan fingerprint density at radius 2 is 1.64 bits per heavy atom. The Labute approximate surface area is 85.7 Å². The Bertz CT molecular complexity index is 342. The third-order valence-corrected chi connectivity index (χ3v) is 2.46. The maximum absolute atomic E-state index is 12.5. The molecule has 0 fully saturated rings. The van der Waals surface area contributed by atoms with E-state index in [-0.39, 0.29) is 11.4 Å². The molecule has 0 aliphatic rings. The van der Waals surface area contributed by atoms with E-state index in [0.717, 1.165) is 11.6 Å². The Kier molecular flexibility index (Phi) is 3.10. The number of hydrogen-bond donors (Lipinski definition) is 0. The van der Waals surface area contributed by atoms with Crippen molar-refractivity contribution in [3.8, 4) is 0 Å². The second kappa shape index (κ2) is 3.81. The van der Waals surface area contributed by atoms with Crippen LogP contribution >= 0.6 is 11.6 Å². The van der Waals surface area contributed by atoms with Crippen molar-refractivity contribution in [2.75, 3.05) is 0 Å². The lowest BCUT2D eigenvalue weighted by atomic mass is 10.0. The van der Waals surface area contributed by atoms with Gasteiger partial charge < -0.3 is 0 Å². The van der Waals surface area contributed by atoms with Crippen LogP contribution in [0.5, 0.6) is 0 Å². The van der Waals surface area contributed by atoms with E-state index in [1.807, 2.05) is 0 Å². The van der Waals surface area contributed by atoms with E-state index in [1.165, 1.54) is 6.07 Å². The Balaban J connectivity index is 3.35. The molecular formula is C10H10ClF3. The van der Waals surface area contributed by atoms with Gasteiger partial charge in [0.2, 0.25) is 0 Å². The standard InChI is InChI=1S/C10H10ClF3/c1-6-3-8(5-11)9(4-7(6)2)10(12,13)14/h3-4H,5H2,1-2H3. The van der Waals surface area contributed by atoms with Gasteiger partial charge in [0.05, 0.1) is 5.56 Å². The minimum atomic E-state index is -4.32. The summed E-state index contributed by atoms with van der Waals surface area (Å²) in [5.74, 6) is -0.115. The molecular weight excluding hydrogens is 213 g/mol. The van der Waals surface area contributed by atoms with Gasteiger partial charge in [-0.2, -0.15) is 13.2 Å². The van der Waals surface area contributed by atoms with Gasteiger partial charge in [0.25, 0.3) is 0 Å². The molecule has 4 heteroatoms. The molecule has 0 radical (unpaired) electrons. The fraction of sp³-hybridized carbons (Fsp3) is 0.400. The second-order valence-corrected chi connectivity index (χ2v) is 3.49. The van der Waals surface area contributed by atoms with E-state index in [0.29, 0.717) is 5.56 Å². The van der Waals surface area contributed by atoms with Crippen molar-refractivity contribution >= 4 is 11.6 Å². The highest BCUT2D eigenvalue weighted by Crippen LogP contribution is 2.34. The van der Waals surface area contributed by atoms with Crippen molar-refractivity contribution < 1.29 is 13.2 Å². The highest BCUT2D eigenvalue weighted by Gasteiger charge is 2.33. The molecule has 0 unspecified atom stereocenters. The van der Waals surface area contributed by atoms with E-state index in [2.05, 4.69) is 0 Å². The fourth-order valence-electron chi connectivity index (χ4n) is 1.25. The molecule has 78 valence electrons. The topological polar surface area (TPSA) is 0 Å². The van der Waals surface area contributed by atoms with Crippen LogP contribution in [0.1, 0.15) is 22.3 Å². The maximum atomic E-state index is 12.5. The molecule has 0 aromatic heterocycles. The zero-order valence-corrected chi connectivity index (χ0v) is 8.63. The van der Waals surface area contributed by atoms with Crippen molar-refractivity contribution in [3.63, 3.8) is 0 Å². The minimum Gasteiger partial charge on any atom is -0.166 e. The van der Waals surface area contributed by atoms with Crippen molar-refractivity contribution in [2.45, 2.75) is 25.9 Å². The third-order valence-electron chi connectivity index (χ3n) is 2.17. The molecule has 0 saturated carbocycles. The molecule has 0 N–H and O–H groups in total. The van der Waals surface area contributed by atoms with Crippen molar-refractivity contribution in [2.24, 2.45) is 0 Å². The number of rotatable bonds is 1. The average molecular weight is 223 g/mol. The molecule has 0 heterocycles. The predicted molar refractivity (Wildman–Crippen MR) is 50.5 cm³/mol. The summed E-state index contributed by atoms with van der Waals surface area (Å²) in [4.78, 5) is 0. The molecule has 0 bridgehead atoms. The van der Waals surface area contributed by atoms with Crippen LogP contribution in [-0.2, 0) is 12.1 Å². The summed E-state index contributed by atoms with van der Waals surface area (Å²) in [6.45, 7) is 3.42. The number of aryl methyl sites for hydroxylation is 2. The van der Waals surface area contributed by atoms with Crippen molar-refractivity contribution in [3.05, 3.63) is 34.4 Å². The van der Waals surface area contributed by atoms with Gasteiger partial charge in [-0.25, -0.2) is 0 Å². The summed E-state index contributed by atoms with van der Waals surface area (Å²) in [5, 5.41) is 0. The molecule has 1 aromatic carbocycles. The molecule has 0 spiro atoms. The van der Waals surface area contributed by atoms with Gasteiger partial charge in [0, 0.05) is 5.88 Å². The molecule has 0 atom stereocenters. The number of benzene rings is 1. The number of halogens is 4. The highest BCUT2D eigenvalue weighted by atomic mass is 35.5. The van der Waals surface area contributed by atoms with Crippen LogP contribution in [0, 0.1) is 13.8 Å². The first-order valence-electron chi connectivity index (χ1n) is 4.09. The normalized spacial score (nSPS) is 11.9. The van der Waals surface area contributed by atoms with Crippen LogP contribution in [0.3, 0.4) is 0 Å². The summed E-state index contributed by atoms with van der Waals surface area (Å²) < 4.78 is 37.5. The summed E-state index contributed by atoms with van der Waals surface area (Å²) in [6, 6.07) is 2.64. The molecule has 1 aromatic rings. The second-order valence-electron chi connectivity index (χ2n) is 3.23. The molecule has 0 saturated heterocycles. The van der Waals surface area contributed by atoms with Gasteiger partial charge in [-0.05, 0) is 36.6 Å². The Morgan fingerprint density at radius 3 is 2.07 bits per heavy atom. The van der Waals surface area contributed by atoms with Gasteiger partial charge in [-0.3, -0.25) is 0 Å². The molecule has 0 nitrogen and oxygen atoms in total. The first-order chi connectivity index (χ1) is 6.36. The monoisotopic (exact) mass is 222 g/mol. The van der Waals surface area contributed by atoms with E-state index >= 15 is 0 Å². The smallest absolute Gasteiger partial charge is 0.166 e. The van der Waals surface area contributed by atoms with Crippen LogP contribution in [-0.4, -0.2) is 0 Å². The maximum Gasteiger partial charge on any atom is 0.416 e. The zero-order valence-electron chi connectivity index (χ0n) is 7.87. The predicted octanol–water partition coefficient (Wildman–Crippen LogP) is 4.06. The van der Waals surface area contributed by atoms with E-state index in [1.54, 1.807) is 13.8 Å². The lowest BCUT2D eigenvalue weighted by Gasteiger charge is -2.13. The van der Waals surface area contributed by atoms with Crippen molar-refractivity contribution in [1.29, 1.82) is 0 Å². The first-order valence-corrected chi connectivity index (χ1v) is 4.63. The van der Waals surface area contributed by atoms with Gasteiger partial charge in [-0.1, -0.05) is 6.07 Å². The number of alkyl halides is 4. The van der Waals surface area contributed by atoms with E-state index < -0.39 is 11.7 Å². The Morgan fingerprint density at radius 1 is 1.14 bits per heavy atom. The largest absolute Gasteiger partial charge is 0.416 e. The summed E-state index contributed by atoms with van der Waals surface area (Å²) in [5.41, 5.74) is 0.970. The van der Waals surface area contributed by atoms with Crippen molar-refractivity contribution in [1.82, 2.24) is 0 Å². The van der Waals surface area contributed by atoms with E-state index in [9.17, 15) is 13.2 Å². The number of hydrogen-bond acceptors (Lipinski definition) is 0.